The van der Waals surface area contributed by atoms with Gasteiger partial charge in [-0.15, -0.1) is 0 Å². The number of rotatable bonds is 7. The molecule has 0 spiro atoms. The highest BCUT2D eigenvalue weighted by Gasteiger charge is 2.09. The van der Waals surface area contributed by atoms with Crippen LogP contribution in [0.3, 0.4) is 0 Å². The van der Waals surface area contributed by atoms with Gasteiger partial charge in [-0.05, 0) is 48.2 Å². The molecule has 116 valence electrons. The SMILES string of the molecule is CCc1cccc(OCC(=O)N(C)CCc2ccncc2)c1. The molecule has 4 nitrogen and oxygen atoms in total. The van der Waals surface area contributed by atoms with Crippen LogP contribution in [0.5, 0.6) is 5.75 Å². The topological polar surface area (TPSA) is 42.4 Å². The molecular formula is C18H22N2O2. The van der Waals surface area contributed by atoms with Gasteiger partial charge >= 0.3 is 0 Å². The van der Waals surface area contributed by atoms with Gasteiger partial charge in [-0.3, -0.25) is 9.78 Å². The highest BCUT2D eigenvalue weighted by molar-refractivity contribution is 5.77. The van der Waals surface area contributed by atoms with E-state index >= 15 is 0 Å². The fourth-order valence-electron chi connectivity index (χ4n) is 2.08. The van der Waals surface area contributed by atoms with Gasteiger partial charge in [0.25, 0.3) is 5.91 Å². The molecule has 0 N–H and O–H groups in total. The standard InChI is InChI=1S/C18H22N2O2/c1-3-15-5-4-6-17(13-15)22-14-18(21)20(2)12-9-16-7-10-19-11-8-16/h4-8,10-11,13H,3,9,12,14H2,1-2H3. The molecule has 0 fully saturated rings. The van der Waals surface area contributed by atoms with Gasteiger partial charge in [0, 0.05) is 26.0 Å². The molecule has 0 aliphatic heterocycles. The van der Waals surface area contributed by atoms with E-state index in [0.717, 1.165) is 18.6 Å². The van der Waals surface area contributed by atoms with Crippen LogP contribution in [0.4, 0.5) is 0 Å². The molecule has 0 unspecified atom stereocenters. The van der Waals surface area contributed by atoms with Gasteiger partial charge in [-0.1, -0.05) is 19.1 Å². The molecule has 2 aromatic rings. The van der Waals surface area contributed by atoms with E-state index in [9.17, 15) is 4.79 Å². The average Bonchev–Trinajstić information content (AvgIpc) is 2.58. The molecule has 0 atom stereocenters. The van der Waals surface area contributed by atoms with Crippen LogP contribution in [-0.2, 0) is 17.6 Å². The molecule has 1 aromatic heterocycles. The Morgan fingerprint density at radius 1 is 1.18 bits per heavy atom. The van der Waals surface area contributed by atoms with Gasteiger partial charge in [-0.2, -0.15) is 0 Å². The van der Waals surface area contributed by atoms with Gasteiger partial charge in [0.1, 0.15) is 5.75 Å². The van der Waals surface area contributed by atoms with E-state index in [2.05, 4.69) is 18.0 Å². The van der Waals surface area contributed by atoms with E-state index in [1.54, 1.807) is 24.3 Å². The van der Waals surface area contributed by atoms with Crippen molar-refractivity contribution in [3.8, 4) is 5.75 Å². The number of amides is 1. The third-order valence-corrected chi connectivity index (χ3v) is 3.58. The predicted octanol–water partition coefficient (Wildman–Crippen LogP) is 2.72. The van der Waals surface area contributed by atoms with Crippen molar-refractivity contribution in [3.05, 3.63) is 59.9 Å². The molecule has 0 radical (unpaired) electrons. The quantitative estimate of drug-likeness (QED) is 0.789. The zero-order valence-corrected chi connectivity index (χ0v) is 13.2. The van der Waals surface area contributed by atoms with E-state index in [-0.39, 0.29) is 12.5 Å². The van der Waals surface area contributed by atoms with Crippen molar-refractivity contribution in [1.29, 1.82) is 0 Å². The number of likely N-dealkylation sites (N-methyl/N-ethyl adjacent to an activating group) is 1. The Balaban J connectivity index is 1.78. The third kappa shape index (κ3) is 4.88. The Bertz CT molecular complexity index is 599. The minimum atomic E-state index is -0.0176. The molecule has 1 aromatic carbocycles. The highest BCUT2D eigenvalue weighted by Crippen LogP contribution is 2.13. The average molecular weight is 298 g/mol. The Morgan fingerprint density at radius 2 is 1.95 bits per heavy atom. The summed E-state index contributed by atoms with van der Waals surface area (Å²) in [6, 6.07) is 11.8. The van der Waals surface area contributed by atoms with Crippen molar-refractivity contribution in [2.45, 2.75) is 19.8 Å². The van der Waals surface area contributed by atoms with Crippen molar-refractivity contribution >= 4 is 5.91 Å². The Kier molecular flexibility index (Phi) is 5.95. The van der Waals surface area contributed by atoms with Crippen LogP contribution in [0.15, 0.2) is 48.8 Å². The molecule has 0 saturated carbocycles. The molecule has 0 aliphatic carbocycles. The normalized spacial score (nSPS) is 10.3. The minimum Gasteiger partial charge on any atom is -0.484 e. The summed E-state index contributed by atoms with van der Waals surface area (Å²) in [5.41, 5.74) is 2.38. The Labute approximate surface area is 131 Å². The number of aromatic nitrogens is 1. The van der Waals surface area contributed by atoms with Gasteiger partial charge in [0.05, 0.1) is 0 Å². The zero-order chi connectivity index (χ0) is 15.8. The number of benzene rings is 1. The first kappa shape index (κ1) is 16.0. The highest BCUT2D eigenvalue weighted by atomic mass is 16.5. The van der Waals surface area contributed by atoms with Crippen molar-refractivity contribution < 1.29 is 9.53 Å². The molecule has 4 heteroatoms. The molecule has 1 heterocycles. The number of hydrogen-bond acceptors (Lipinski definition) is 3. The molecule has 2 rings (SSSR count). The second kappa shape index (κ2) is 8.17. The van der Waals surface area contributed by atoms with Crippen LogP contribution in [0.25, 0.3) is 0 Å². The first-order chi connectivity index (χ1) is 10.7. The lowest BCUT2D eigenvalue weighted by Crippen LogP contribution is -2.33. The van der Waals surface area contributed by atoms with Crippen molar-refractivity contribution in [2.24, 2.45) is 0 Å². The fourth-order valence-corrected chi connectivity index (χ4v) is 2.08. The molecular weight excluding hydrogens is 276 g/mol. The number of carbonyl (C=O) groups is 1. The Morgan fingerprint density at radius 3 is 2.68 bits per heavy atom. The number of aryl methyl sites for hydroxylation is 1. The summed E-state index contributed by atoms with van der Waals surface area (Å²) in [5.74, 6) is 0.728. The lowest BCUT2D eigenvalue weighted by Gasteiger charge is -2.17. The van der Waals surface area contributed by atoms with E-state index in [0.29, 0.717) is 6.54 Å². The molecule has 0 bridgehead atoms. The van der Waals surface area contributed by atoms with Gasteiger partial charge in [-0.25, -0.2) is 0 Å². The van der Waals surface area contributed by atoms with Gasteiger partial charge in [0.15, 0.2) is 6.61 Å². The van der Waals surface area contributed by atoms with E-state index < -0.39 is 0 Å². The lowest BCUT2D eigenvalue weighted by molar-refractivity contribution is -0.132. The molecule has 1 amide bonds. The van der Waals surface area contributed by atoms with Crippen LogP contribution in [0.2, 0.25) is 0 Å². The summed E-state index contributed by atoms with van der Waals surface area (Å²) < 4.78 is 5.58. The van der Waals surface area contributed by atoms with Crippen molar-refractivity contribution in [1.82, 2.24) is 9.88 Å². The maximum Gasteiger partial charge on any atom is 0.260 e. The number of nitrogens with zero attached hydrogens (tertiary/aromatic N) is 2. The summed E-state index contributed by atoms with van der Waals surface area (Å²) in [6.07, 6.45) is 5.30. The lowest BCUT2D eigenvalue weighted by atomic mass is 10.2. The summed E-state index contributed by atoms with van der Waals surface area (Å²) in [4.78, 5) is 17.8. The smallest absolute Gasteiger partial charge is 0.260 e. The van der Waals surface area contributed by atoms with Crippen LogP contribution in [-0.4, -0.2) is 36.0 Å². The number of ether oxygens (including phenoxy) is 1. The van der Waals surface area contributed by atoms with Gasteiger partial charge in [0.2, 0.25) is 0 Å². The Hall–Kier alpha value is -2.36. The van der Waals surface area contributed by atoms with Crippen molar-refractivity contribution in [3.63, 3.8) is 0 Å². The largest absolute Gasteiger partial charge is 0.484 e. The molecule has 0 aliphatic rings. The van der Waals surface area contributed by atoms with Crippen molar-refractivity contribution in [2.75, 3.05) is 20.2 Å². The zero-order valence-electron chi connectivity index (χ0n) is 13.2. The first-order valence-corrected chi connectivity index (χ1v) is 7.53. The molecule has 22 heavy (non-hydrogen) atoms. The maximum absolute atomic E-state index is 12.1. The second-order valence-corrected chi connectivity index (χ2v) is 5.21. The minimum absolute atomic E-state index is 0.0176. The maximum atomic E-state index is 12.1. The number of pyridine rings is 1. The number of hydrogen-bond donors (Lipinski definition) is 0. The summed E-state index contributed by atoms with van der Waals surface area (Å²) in [5, 5.41) is 0. The summed E-state index contributed by atoms with van der Waals surface area (Å²) in [7, 11) is 1.80. The van der Waals surface area contributed by atoms with Crippen LogP contribution in [0.1, 0.15) is 18.1 Å². The summed E-state index contributed by atoms with van der Waals surface area (Å²) >= 11 is 0. The number of carbonyl (C=O) groups excluding carboxylic acids is 1. The van der Waals surface area contributed by atoms with Crippen LogP contribution in [0, 0.1) is 0 Å². The van der Waals surface area contributed by atoms with E-state index in [4.69, 9.17) is 4.74 Å². The van der Waals surface area contributed by atoms with E-state index in [1.807, 2.05) is 30.3 Å². The molecule has 0 saturated heterocycles. The van der Waals surface area contributed by atoms with Crippen LogP contribution < -0.4 is 4.74 Å². The summed E-state index contributed by atoms with van der Waals surface area (Å²) in [6.45, 7) is 2.83. The van der Waals surface area contributed by atoms with E-state index in [1.165, 1.54) is 11.1 Å². The monoisotopic (exact) mass is 298 g/mol. The second-order valence-electron chi connectivity index (χ2n) is 5.21. The third-order valence-electron chi connectivity index (χ3n) is 3.58. The fraction of sp³-hybridized carbons (Fsp3) is 0.333. The predicted molar refractivity (Wildman–Crippen MR) is 86.9 cm³/mol. The van der Waals surface area contributed by atoms with Gasteiger partial charge < -0.3 is 9.64 Å². The first-order valence-electron chi connectivity index (χ1n) is 7.53. The van der Waals surface area contributed by atoms with Crippen LogP contribution >= 0.6 is 0 Å².